The summed E-state index contributed by atoms with van der Waals surface area (Å²) < 4.78 is 0. The molecule has 0 saturated carbocycles. The minimum absolute atomic E-state index is 0.337. The van der Waals surface area contributed by atoms with Gasteiger partial charge < -0.3 is 15.3 Å². The number of hydrogen-bond acceptors (Lipinski definition) is 3. The topological polar surface area (TPSA) is 35.5 Å². The number of nitrogens with zero attached hydrogens (tertiary/aromatic N) is 1. The van der Waals surface area contributed by atoms with Gasteiger partial charge in [-0.1, -0.05) is 26.7 Å². The van der Waals surface area contributed by atoms with Crippen LogP contribution in [0.25, 0.3) is 0 Å². The van der Waals surface area contributed by atoms with E-state index in [2.05, 4.69) is 38.2 Å². The van der Waals surface area contributed by atoms with Gasteiger partial charge in [0.2, 0.25) is 0 Å². The van der Waals surface area contributed by atoms with E-state index in [1.807, 2.05) is 0 Å². The Morgan fingerprint density at radius 3 is 2.24 bits per heavy atom. The second-order valence-electron chi connectivity index (χ2n) is 5.68. The van der Waals surface area contributed by atoms with Crippen molar-refractivity contribution < 1.29 is 5.11 Å². The maximum absolute atomic E-state index is 8.69. The Balaban J connectivity index is 3.60. The summed E-state index contributed by atoms with van der Waals surface area (Å²) in [6.07, 6.45) is 5.80. The number of aliphatic hydroxyl groups excluding tert-OH is 1. The number of hydrogen-bond donors (Lipinski definition) is 2. The van der Waals surface area contributed by atoms with E-state index in [-0.39, 0.29) is 0 Å². The quantitative estimate of drug-likeness (QED) is 0.546. The van der Waals surface area contributed by atoms with Crippen LogP contribution in [-0.2, 0) is 0 Å². The number of aliphatic hydroxyl groups is 1. The molecule has 1 unspecified atom stereocenters. The molecule has 0 aromatic rings. The molecule has 0 aliphatic carbocycles. The molecule has 0 fully saturated rings. The fraction of sp³-hybridized carbons (Fsp3) is 1.00. The highest BCUT2D eigenvalue weighted by Gasteiger charge is 2.10. The van der Waals surface area contributed by atoms with Crippen molar-refractivity contribution in [1.29, 1.82) is 0 Å². The van der Waals surface area contributed by atoms with E-state index in [1.165, 1.54) is 19.3 Å². The lowest BCUT2D eigenvalue weighted by Crippen LogP contribution is -2.39. The molecule has 3 nitrogen and oxygen atoms in total. The zero-order valence-corrected chi connectivity index (χ0v) is 12.2. The lowest BCUT2D eigenvalue weighted by Gasteiger charge is -2.24. The van der Waals surface area contributed by atoms with Gasteiger partial charge in [0.05, 0.1) is 0 Å². The second kappa shape index (κ2) is 11.0. The Morgan fingerprint density at radius 1 is 1.06 bits per heavy atom. The summed E-state index contributed by atoms with van der Waals surface area (Å²) >= 11 is 0. The molecular formula is C14H32N2O. The lowest BCUT2D eigenvalue weighted by molar-refractivity contribution is 0.280. The first kappa shape index (κ1) is 16.9. The highest BCUT2D eigenvalue weighted by Crippen LogP contribution is 2.06. The average Bonchev–Trinajstić information content (AvgIpc) is 2.21. The molecule has 0 aromatic heterocycles. The Labute approximate surface area is 108 Å². The van der Waals surface area contributed by atoms with E-state index in [1.54, 1.807) is 0 Å². The first-order chi connectivity index (χ1) is 8.06. The maximum atomic E-state index is 8.69. The van der Waals surface area contributed by atoms with Gasteiger partial charge in [0.25, 0.3) is 0 Å². The van der Waals surface area contributed by atoms with Crippen molar-refractivity contribution in [3.05, 3.63) is 0 Å². The van der Waals surface area contributed by atoms with Crippen LogP contribution in [-0.4, -0.2) is 49.8 Å². The highest BCUT2D eigenvalue weighted by molar-refractivity contribution is 4.71. The summed E-state index contributed by atoms with van der Waals surface area (Å²) in [5.41, 5.74) is 0. The standard InChI is InChI=1S/C14H32N2O/c1-13(2)11-14(12-16(3)4)15-9-7-5-6-8-10-17/h13-15,17H,5-12H2,1-4H3. The SMILES string of the molecule is CC(C)CC(CN(C)C)NCCCCCCO. The largest absolute Gasteiger partial charge is 0.396 e. The Morgan fingerprint density at radius 2 is 1.71 bits per heavy atom. The van der Waals surface area contributed by atoms with Crippen molar-refractivity contribution >= 4 is 0 Å². The van der Waals surface area contributed by atoms with Gasteiger partial charge in [-0.25, -0.2) is 0 Å². The number of unbranched alkanes of at least 4 members (excludes halogenated alkanes) is 3. The minimum Gasteiger partial charge on any atom is -0.396 e. The molecule has 1 atom stereocenters. The van der Waals surface area contributed by atoms with Crippen LogP contribution in [0.3, 0.4) is 0 Å². The molecule has 0 aliphatic heterocycles. The Hall–Kier alpha value is -0.120. The van der Waals surface area contributed by atoms with Crippen LogP contribution >= 0.6 is 0 Å². The van der Waals surface area contributed by atoms with Crippen molar-refractivity contribution in [3.8, 4) is 0 Å². The number of nitrogens with one attached hydrogen (secondary N) is 1. The number of rotatable bonds is 11. The summed E-state index contributed by atoms with van der Waals surface area (Å²) in [5, 5.41) is 12.3. The van der Waals surface area contributed by atoms with Crippen LogP contribution in [0.5, 0.6) is 0 Å². The summed E-state index contributed by atoms with van der Waals surface area (Å²) in [7, 11) is 4.27. The molecule has 3 heteroatoms. The monoisotopic (exact) mass is 244 g/mol. The predicted octanol–water partition coefficient (Wildman–Crippen LogP) is 2.10. The summed E-state index contributed by atoms with van der Waals surface area (Å²) in [6, 6.07) is 0.614. The minimum atomic E-state index is 0.337. The van der Waals surface area contributed by atoms with Crippen LogP contribution in [0.4, 0.5) is 0 Å². The molecule has 0 aromatic carbocycles. The summed E-state index contributed by atoms with van der Waals surface area (Å²) in [6.45, 7) is 7.13. The molecule has 0 saturated heterocycles. The van der Waals surface area contributed by atoms with Gasteiger partial charge in [-0.05, 0) is 45.8 Å². The third kappa shape index (κ3) is 12.1. The number of likely N-dealkylation sites (N-methyl/N-ethyl adjacent to an activating group) is 1. The average molecular weight is 244 g/mol. The van der Waals surface area contributed by atoms with Crippen LogP contribution in [0.15, 0.2) is 0 Å². The molecule has 0 bridgehead atoms. The Kier molecular flexibility index (Phi) is 10.9. The maximum Gasteiger partial charge on any atom is 0.0431 e. The molecule has 0 spiro atoms. The van der Waals surface area contributed by atoms with E-state index in [0.717, 1.165) is 31.8 Å². The molecule has 0 heterocycles. The fourth-order valence-corrected chi connectivity index (χ4v) is 2.13. The molecule has 0 radical (unpaired) electrons. The van der Waals surface area contributed by atoms with E-state index in [9.17, 15) is 0 Å². The molecule has 0 rings (SSSR count). The molecule has 104 valence electrons. The smallest absolute Gasteiger partial charge is 0.0431 e. The third-order valence-corrected chi connectivity index (χ3v) is 2.86. The first-order valence-corrected chi connectivity index (χ1v) is 7.05. The van der Waals surface area contributed by atoms with Crippen molar-refractivity contribution in [3.63, 3.8) is 0 Å². The van der Waals surface area contributed by atoms with Crippen molar-refractivity contribution in [1.82, 2.24) is 10.2 Å². The third-order valence-electron chi connectivity index (χ3n) is 2.86. The highest BCUT2D eigenvalue weighted by atomic mass is 16.2. The normalized spacial score (nSPS) is 13.6. The van der Waals surface area contributed by atoms with Crippen LogP contribution in [0.2, 0.25) is 0 Å². The lowest BCUT2D eigenvalue weighted by atomic mass is 10.0. The Bertz CT molecular complexity index is 150. The predicted molar refractivity (Wildman–Crippen MR) is 75.4 cm³/mol. The summed E-state index contributed by atoms with van der Waals surface area (Å²) in [4.78, 5) is 2.26. The zero-order valence-electron chi connectivity index (χ0n) is 12.2. The van der Waals surface area contributed by atoms with Gasteiger partial charge in [0.15, 0.2) is 0 Å². The van der Waals surface area contributed by atoms with Crippen LogP contribution in [0.1, 0.15) is 46.0 Å². The van der Waals surface area contributed by atoms with Gasteiger partial charge >= 0.3 is 0 Å². The zero-order chi connectivity index (χ0) is 13.1. The van der Waals surface area contributed by atoms with Crippen molar-refractivity contribution in [2.75, 3.05) is 33.8 Å². The van der Waals surface area contributed by atoms with Gasteiger partial charge in [0, 0.05) is 19.2 Å². The van der Waals surface area contributed by atoms with E-state index < -0.39 is 0 Å². The van der Waals surface area contributed by atoms with Crippen LogP contribution < -0.4 is 5.32 Å². The fourth-order valence-electron chi connectivity index (χ4n) is 2.13. The van der Waals surface area contributed by atoms with E-state index >= 15 is 0 Å². The van der Waals surface area contributed by atoms with Crippen molar-refractivity contribution in [2.45, 2.75) is 52.0 Å². The van der Waals surface area contributed by atoms with Crippen molar-refractivity contribution in [2.24, 2.45) is 5.92 Å². The molecule has 0 amide bonds. The van der Waals surface area contributed by atoms with E-state index in [4.69, 9.17) is 5.11 Å². The van der Waals surface area contributed by atoms with E-state index in [0.29, 0.717) is 12.6 Å². The summed E-state index contributed by atoms with van der Waals surface area (Å²) in [5.74, 6) is 0.752. The first-order valence-electron chi connectivity index (χ1n) is 7.05. The van der Waals surface area contributed by atoms with Gasteiger partial charge in [-0.3, -0.25) is 0 Å². The molecular weight excluding hydrogens is 212 g/mol. The van der Waals surface area contributed by atoms with Gasteiger partial charge in [0.1, 0.15) is 0 Å². The van der Waals surface area contributed by atoms with Gasteiger partial charge in [-0.15, -0.1) is 0 Å². The second-order valence-corrected chi connectivity index (χ2v) is 5.68. The van der Waals surface area contributed by atoms with Gasteiger partial charge in [-0.2, -0.15) is 0 Å². The van der Waals surface area contributed by atoms with Crippen LogP contribution in [0, 0.1) is 5.92 Å². The molecule has 2 N–H and O–H groups in total. The molecule has 17 heavy (non-hydrogen) atoms. The molecule has 0 aliphatic rings.